The highest BCUT2D eigenvalue weighted by Gasteiger charge is 2.43. The monoisotopic (exact) mass is 467 g/mol. The molecule has 0 heterocycles. The summed E-state index contributed by atoms with van der Waals surface area (Å²) in [6, 6.07) is 0. The Labute approximate surface area is 200 Å². The maximum Gasteiger partial charge on any atom is 0.325 e. The van der Waals surface area contributed by atoms with Crippen molar-refractivity contribution in [2.45, 2.75) is 123 Å². The lowest BCUT2D eigenvalue weighted by Gasteiger charge is -2.27. The van der Waals surface area contributed by atoms with Crippen LogP contribution in [0, 0.1) is 18.3 Å². The molecule has 3 N–H and O–H groups in total. The molecule has 0 aromatic heterocycles. The van der Waals surface area contributed by atoms with Gasteiger partial charge in [-0.25, -0.2) is 0 Å². The summed E-state index contributed by atoms with van der Waals surface area (Å²) < 4.78 is 5.09. The smallest absolute Gasteiger partial charge is 0.325 e. The van der Waals surface area contributed by atoms with Crippen LogP contribution in [0.25, 0.3) is 0 Å². The van der Waals surface area contributed by atoms with Gasteiger partial charge in [-0.3, -0.25) is 14.4 Å². The van der Waals surface area contributed by atoms with Gasteiger partial charge >= 0.3 is 5.97 Å². The van der Waals surface area contributed by atoms with E-state index in [-0.39, 0.29) is 0 Å². The third-order valence-corrected chi connectivity index (χ3v) is 5.55. The van der Waals surface area contributed by atoms with Crippen LogP contribution in [0.4, 0.5) is 0 Å². The van der Waals surface area contributed by atoms with Crippen molar-refractivity contribution in [2.24, 2.45) is 5.92 Å². The summed E-state index contributed by atoms with van der Waals surface area (Å²) in [4.78, 5) is 36.6. The number of ether oxygens (including phenoxy) is 1. The average molecular weight is 468 g/mol. The van der Waals surface area contributed by atoms with Gasteiger partial charge in [-0.15, -0.1) is 12.3 Å². The number of carbonyl (C=O) groups excluding carboxylic acids is 3. The molecule has 1 amide bonds. The minimum atomic E-state index is -2.34. The molecule has 3 atom stereocenters. The van der Waals surface area contributed by atoms with Gasteiger partial charge in [0.05, 0.1) is 6.10 Å². The van der Waals surface area contributed by atoms with Gasteiger partial charge in [0, 0.05) is 12.3 Å². The zero-order valence-corrected chi connectivity index (χ0v) is 21.2. The molecule has 0 aliphatic carbocycles. The first kappa shape index (κ1) is 31.1. The van der Waals surface area contributed by atoms with Gasteiger partial charge in [0.1, 0.15) is 12.1 Å². The van der Waals surface area contributed by atoms with Crippen LogP contribution in [0.15, 0.2) is 0 Å². The third kappa shape index (κ3) is 14.1. The molecule has 0 aliphatic heterocycles. The van der Waals surface area contributed by atoms with E-state index in [2.05, 4.69) is 11.2 Å². The van der Waals surface area contributed by atoms with E-state index in [4.69, 9.17) is 11.2 Å². The fraction of sp³-hybridized carbons (Fsp3) is 0.808. The van der Waals surface area contributed by atoms with Crippen molar-refractivity contribution in [1.82, 2.24) is 5.32 Å². The number of aliphatic hydroxyl groups is 2. The molecule has 7 nitrogen and oxygen atoms in total. The molecule has 33 heavy (non-hydrogen) atoms. The number of Topliss-reactive ketones (excluding diaryl/α,β-unsaturated/α-hetero) is 1. The fourth-order valence-electron chi connectivity index (χ4n) is 3.50. The van der Waals surface area contributed by atoms with Gasteiger partial charge in [-0.05, 0) is 40.5 Å². The van der Waals surface area contributed by atoms with E-state index in [0.717, 1.165) is 45.4 Å². The number of amides is 1. The zero-order chi connectivity index (χ0) is 25.5. The van der Waals surface area contributed by atoms with Crippen LogP contribution in [0.2, 0.25) is 0 Å². The molecule has 0 aliphatic rings. The summed E-state index contributed by atoms with van der Waals surface area (Å²) in [5.74, 6) is -0.688. The van der Waals surface area contributed by atoms with Gasteiger partial charge in [0.2, 0.25) is 0 Å². The molecule has 0 unspecified atom stereocenters. The summed E-state index contributed by atoms with van der Waals surface area (Å²) in [6.45, 7) is 7.21. The van der Waals surface area contributed by atoms with Gasteiger partial charge < -0.3 is 20.3 Å². The van der Waals surface area contributed by atoms with Crippen molar-refractivity contribution in [3.05, 3.63) is 0 Å². The number of terminal acetylenes is 1. The molecule has 0 saturated carbocycles. The number of rotatable bonds is 17. The second kappa shape index (κ2) is 15.8. The topological polar surface area (TPSA) is 113 Å². The predicted molar refractivity (Wildman–Crippen MR) is 129 cm³/mol. The Morgan fingerprint density at radius 3 is 1.91 bits per heavy atom. The van der Waals surface area contributed by atoms with Crippen molar-refractivity contribution >= 4 is 17.7 Å². The zero-order valence-electron chi connectivity index (χ0n) is 21.2. The highest BCUT2D eigenvalue weighted by molar-refractivity contribution is 6.10. The van der Waals surface area contributed by atoms with Crippen molar-refractivity contribution in [1.29, 1.82) is 0 Å². The van der Waals surface area contributed by atoms with E-state index < -0.39 is 47.4 Å². The van der Waals surface area contributed by atoms with Crippen LogP contribution in [0.3, 0.4) is 0 Å². The Hall–Kier alpha value is -1.91. The molecule has 0 radical (unpaired) electrons. The van der Waals surface area contributed by atoms with Crippen LogP contribution in [0.1, 0.15) is 105 Å². The molecule has 0 saturated heterocycles. The first-order valence-electron chi connectivity index (χ1n) is 12.2. The molecule has 0 bridgehead atoms. The highest BCUT2D eigenvalue weighted by atomic mass is 16.6. The second-order valence-corrected chi connectivity index (χ2v) is 9.99. The summed E-state index contributed by atoms with van der Waals surface area (Å²) in [5.41, 5.74) is -3.05. The van der Waals surface area contributed by atoms with Gasteiger partial charge in [0.25, 0.3) is 5.91 Å². The molecule has 7 heteroatoms. The first-order valence-corrected chi connectivity index (χ1v) is 12.2. The van der Waals surface area contributed by atoms with E-state index in [0.29, 0.717) is 6.42 Å². The lowest BCUT2D eigenvalue weighted by Crippen LogP contribution is -2.54. The molecule has 190 valence electrons. The minimum Gasteiger partial charge on any atom is -0.459 e. The Kier molecular flexibility index (Phi) is 14.9. The quantitative estimate of drug-likeness (QED) is 0.130. The number of hydrogen-bond acceptors (Lipinski definition) is 6. The normalized spacial score (nSPS) is 15.1. The number of hydrogen-bond donors (Lipinski definition) is 3. The van der Waals surface area contributed by atoms with Crippen molar-refractivity contribution in [3.8, 4) is 12.3 Å². The van der Waals surface area contributed by atoms with E-state index in [1.165, 1.54) is 32.6 Å². The van der Waals surface area contributed by atoms with Crippen LogP contribution in [-0.4, -0.2) is 51.7 Å². The fourth-order valence-corrected chi connectivity index (χ4v) is 3.50. The second-order valence-electron chi connectivity index (χ2n) is 9.99. The number of nitrogens with one attached hydrogen (secondary N) is 1. The van der Waals surface area contributed by atoms with E-state index in [1.54, 1.807) is 20.8 Å². The van der Waals surface area contributed by atoms with Crippen LogP contribution >= 0.6 is 0 Å². The molecule has 0 aromatic carbocycles. The SMILES string of the molecule is C#CCCCCCCCCCCC[C@H](O)[C@H](C)C(=O)[C@](C)(O)C(=O)NCC(=O)OC(C)(C)C. The number of carbonyl (C=O) groups is 3. The predicted octanol–water partition coefficient (Wildman–Crippen LogP) is 3.69. The van der Waals surface area contributed by atoms with Crippen molar-refractivity contribution in [3.63, 3.8) is 0 Å². The van der Waals surface area contributed by atoms with Gasteiger partial charge in [-0.1, -0.05) is 58.3 Å². The van der Waals surface area contributed by atoms with Crippen LogP contribution < -0.4 is 5.32 Å². The molecule has 0 spiro atoms. The van der Waals surface area contributed by atoms with E-state index in [1.807, 2.05) is 0 Å². The summed E-state index contributed by atoms with van der Waals surface area (Å²) in [5, 5.41) is 23.0. The summed E-state index contributed by atoms with van der Waals surface area (Å²) in [6.07, 6.45) is 15.4. The minimum absolute atomic E-state index is 0.425. The third-order valence-electron chi connectivity index (χ3n) is 5.55. The Bertz CT molecular complexity index is 644. The standard InChI is InChI=1S/C26H45NO6/c1-7-8-9-10-11-12-13-14-15-16-17-18-21(28)20(2)23(30)26(6,32)24(31)27-19-22(29)33-25(3,4)5/h1,20-21,28,32H,8-19H2,2-6H3,(H,27,31)/t20-,21-,26-/m0/s1. The maximum atomic E-state index is 12.6. The molecule has 0 fully saturated rings. The number of aliphatic hydroxyl groups excluding tert-OH is 1. The van der Waals surface area contributed by atoms with Gasteiger partial charge in [-0.2, -0.15) is 0 Å². The number of esters is 1. The largest absolute Gasteiger partial charge is 0.459 e. The lowest BCUT2D eigenvalue weighted by atomic mass is 9.85. The maximum absolute atomic E-state index is 12.6. The molecule has 0 rings (SSSR count). The van der Waals surface area contributed by atoms with E-state index in [9.17, 15) is 24.6 Å². The number of ketones is 1. The van der Waals surface area contributed by atoms with Crippen molar-refractivity contribution < 1.29 is 29.3 Å². The first-order chi connectivity index (χ1) is 15.3. The Morgan fingerprint density at radius 1 is 0.939 bits per heavy atom. The molecular weight excluding hydrogens is 422 g/mol. The highest BCUT2D eigenvalue weighted by Crippen LogP contribution is 2.20. The summed E-state index contributed by atoms with van der Waals surface area (Å²) in [7, 11) is 0. The Morgan fingerprint density at radius 2 is 1.42 bits per heavy atom. The lowest BCUT2D eigenvalue weighted by molar-refractivity contribution is -0.159. The van der Waals surface area contributed by atoms with Crippen LogP contribution in [-0.2, 0) is 19.1 Å². The molecule has 0 aromatic rings. The summed E-state index contributed by atoms with van der Waals surface area (Å²) >= 11 is 0. The van der Waals surface area contributed by atoms with Crippen molar-refractivity contribution in [2.75, 3.05) is 6.54 Å². The Balaban J connectivity index is 4.22. The van der Waals surface area contributed by atoms with Gasteiger partial charge in [0.15, 0.2) is 11.4 Å². The number of unbranched alkanes of at least 4 members (excludes halogenated alkanes) is 9. The average Bonchev–Trinajstić information content (AvgIpc) is 2.73. The molecular formula is C26H45NO6. The van der Waals surface area contributed by atoms with Crippen LogP contribution in [0.5, 0.6) is 0 Å². The van der Waals surface area contributed by atoms with E-state index >= 15 is 0 Å².